The number of hydrogen-bond acceptors (Lipinski definition) is 7. The minimum atomic E-state index is -3.09. The highest BCUT2D eigenvalue weighted by atomic mass is 19.3. The van der Waals surface area contributed by atoms with Crippen LogP contribution in [0.4, 0.5) is 20.4 Å². The Morgan fingerprint density at radius 1 is 1.14 bits per heavy atom. The minimum Gasteiger partial charge on any atom is -0.464 e. The first-order chi connectivity index (χ1) is 17.6. The SMILES string of the molecule is COC(=O)c1cnc(N2CC(C(=O)Nc3ccc(C)nc3OC(F)F)(c3ccccc3C(C)C)C2)n1C. The van der Waals surface area contributed by atoms with E-state index in [2.05, 4.69) is 20.0 Å². The number of methoxy groups -OCH3 is 1. The number of aromatic nitrogens is 3. The molecule has 0 bridgehead atoms. The van der Waals surface area contributed by atoms with Crippen molar-refractivity contribution in [1.82, 2.24) is 14.5 Å². The Morgan fingerprint density at radius 3 is 2.49 bits per heavy atom. The van der Waals surface area contributed by atoms with Gasteiger partial charge in [0.1, 0.15) is 16.8 Å². The van der Waals surface area contributed by atoms with Crippen LogP contribution in [0, 0.1) is 6.92 Å². The number of halogens is 2. The Balaban J connectivity index is 1.72. The fraction of sp³-hybridized carbons (Fsp3) is 0.385. The smallest absolute Gasteiger partial charge is 0.388 e. The molecule has 4 rings (SSSR count). The molecule has 9 nitrogen and oxygen atoms in total. The number of carbonyl (C=O) groups excluding carboxylic acids is 2. The number of imidazole rings is 1. The van der Waals surface area contributed by atoms with Crippen LogP contribution in [0.2, 0.25) is 0 Å². The maximum absolute atomic E-state index is 13.9. The summed E-state index contributed by atoms with van der Waals surface area (Å²) in [5.74, 6) is -0.616. The van der Waals surface area contributed by atoms with Crippen molar-refractivity contribution in [2.24, 2.45) is 7.05 Å². The molecule has 0 aliphatic carbocycles. The highest BCUT2D eigenvalue weighted by Crippen LogP contribution is 2.42. The predicted octanol–water partition coefficient (Wildman–Crippen LogP) is 4.03. The zero-order valence-electron chi connectivity index (χ0n) is 21.3. The van der Waals surface area contributed by atoms with E-state index in [0.717, 1.165) is 11.1 Å². The van der Waals surface area contributed by atoms with E-state index in [9.17, 15) is 18.4 Å². The van der Waals surface area contributed by atoms with Crippen molar-refractivity contribution in [3.05, 3.63) is 65.1 Å². The second-order valence-corrected chi connectivity index (χ2v) is 9.31. The molecule has 3 aromatic rings. The molecule has 0 spiro atoms. The van der Waals surface area contributed by atoms with Crippen LogP contribution in [0.15, 0.2) is 42.6 Å². The second-order valence-electron chi connectivity index (χ2n) is 9.31. The van der Waals surface area contributed by atoms with Crippen molar-refractivity contribution in [1.29, 1.82) is 0 Å². The maximum atomic E-state index is 13.9. The van der Waals surface area contributed by atoms with Crippen LogP contribution >= 0.6 is 0 Å². The zero-order chi connectivity index (χ0) is 26.9. The van der Waals surface area contributed by atoms with E-state index in [1.54, 1.807) is 24.6 Å². The second kappa shape index (κ2) is 10.2. The standard InChI is InChI=1S/C26H29F2N5O4/c1-15(2)17-8-6-7-9-18(17)26(13-33(14-26)25-29-12-20(32(25)4)22(34)36-5)23(35)31-19-11-10-16(3)30-21(19)37-24(27)28/h6-12,15,24H,13-14H2,1-5H3,(H,31,35). The van der Waals surface area contributed by atoms with Gasteiger partial charge in [-0.1, -0.05) is 38.1 Å². The lowest BCUT2D eigenvalue weighted by Crippen LogP contribution is -2.66. The highest BCUT2D eigenvalue weighted by Gasteiger charge is 2.53. The van der Waals surface area contributed by atoms with Gasteiger partial charge >= 0.3 is 12.6 Å². The fourth-order valence-corrected chi connectivity index (χ4v) is 4.65. The highest BCUT2D eigenvalue weighted by molar-refractivity contribution is 6.02. The van der Waals surface area contributed by atoms with Gasteiger partial charge in [0.2, 0.25) is 17.7 Å². The maximum Gasteiger partial charge on any atom is 0.388 e. The Bertz CT molecular complexity index is 1320. The molecule has 1 saturated heterocycles. The van der Waals surface area contributed by atoms with Crippen LogP contribution in [0.5, 0.6) is 5.88 Å². The molecule has 11 heteroatoms. The Morgan fingerprint density at radius 2 is 1.84 bits per heavy atom. The molecule has 0 unspecified atom stereocenters. The Labute approximate surface area is 213 Å². The molecule has 1 aliphatic rings. The third-order valence-corrected chi connectivity index (χ3v) is 6.54. The van der Waals surface area contributed by atoms with Crippen molar-refractivity contribution in [3.63, 3.8) is 0 Å². The van der Waals surface area contributed by atoms with E-state index < -0.39 is 18.0 Å². The molecule has 196 valence electrons. The van der Waals surface area contributed by atoms with E-state index in [4.69, 9.17) is 4.74 Å². The first-order valence-corrected chi connectivity index (χ1v) is 11.8. The average molecular weight is 514 g/mol. The van der Waals surface area contributed by atoms with Gasteiger partial charge in [0.05, 0.1) is 13.3 Å². The number of ether oxygens (including phenoxy) is 2. The summed E-state index contributed by atoms with van der Waals surface area (Å²) in [6.07, 6.45) is 1.43. The lowest BCUT2D eigenvalue weighted by Gasteiger charge is -2.50. The van der Waals surface area contributed by atoms with Crippen molar-refractivity contribution in [3.8, 4) is 5.88 Å². The average Bonchev–Trinajstić information content (AvgIpc) is 3.20. The number of aryl methyl sites for hydroxylation is 1. The number of rotatable bonds is 8. The van der Waals surface area contributed by atoms with Crippen LogP contribution in [-0.2, 0) is 22.0 Å². The number of anilines is 2. The van der Waals surface area contributed by atoms with Crippen molar-refractivity contribution >= 4 is 23.5 Å². The van der Waals surface area contributed by atoms with Crippen LogP contribution in [0.1, 0.15) is 47.1 Å². The number of benzene rings is 1. The van der Waals surface area contributed by atoms with Crippen molar-refractivity contribution in [2.45, 2.75) is 38.7 Å². The van der Waals surface area contributed by atoms with Crippen molar-refractivity contribution < 1.29 is 27.8 Å². The summed E-state index contributed by atoms with van der Waals surface area (Å²) in [7, 11) is 2.99. The topological polar surface area (TPSA) is 98.6 Å². The number of esters is 1. The normalized spacial score (nSPS) is 14.5. The number of nitrogens with zero attached hydrogens (tertiary/aromatic N) is 4. The van der Waals surface area contributed by atoms with E-state index >= 15 is 0 Å². The van der Waals surface area contributed by atoms with Gasteiger partial charge in [0, 0.05) is 25.8 Å². The lowest BCUT2D eigenvalue weighted by molar-refractivity contribution is -0.122. The fourth-order valence-electron chi connectivity index (χ4n) is 4.65. The van der Waals surface area contributed by atoms with Gasteiger partial charge in [-0.2, -0.15) is 8.78 Å². The molecule has 1 amide bonds. The molecule has 1 fully saturated rings. The van der Waals surface area contributed by atoms with Gasteiger partial charge < -0.3 is 24.3 Å². The van der Waals surface area contributed by atoms with Crippen LogP contribution in [0.25, 0.3) is 0 Å². The number of amides is 1. The number of carbonyl (C=O) groups is 2. The van der Waals surface area contributed by atoms with Gasteiger partial charge in [-0.05, 0) is 36.1 Å². The first-order valence-electron chi connectivity index (χ1n) is 11.8. The van der Waals surface area contributed by atoms with Crippen LogP contribution < -0.4 is 15.0 Å². The molecule has 1 N–H and O–H groups in total. The Hall–Kier alpha value is -4.02. The third-order valence-electron chi connectivity index (χ3n) is 6.54. The van der Waals surface area contributed by atoms with E-state index in [1.807, 2.05) is 43.0 Å². The molecule has 1 aliphatic heterocycles. The van der Waals surface area contributed by atoms with Gasteiger partial charge in [-0.25, -0.2) is 14.8 Å². The van der Waals surface area contributed by atoms with Crippen LogP contribution in [0.3, 0.4) is 0 Å². The van der Waals surface area contributed by atoms with E-state index in [1.165, 1.54) is 19.4 Å². The number of alkyl halides is 2. The van der Waals surface area contributed by atoms with E-state index in [0.29, 0.717) is 11.6 Å². The zero-order valence-corrected chi connectivity index (χ0v) is 21.3. The summed E-state index contributed by atoms with van der Waals surface area (Å²) in [4.78, 5) is 36.3. The van der Waals surface area contributed by atoms with Gasteiger partial charge in [-0.15, -0.1) is 0 Å². The predicted molar refractivity (Wildman–Crippen MR) is 133 cm³/mol. The first kappa shape index (κ1) is 26.1. The largest absolute Gasteiger partial charge is 0.464 e. The Kier molecular flexibility index (Phi) is 7.15. The molecule has 0 atom stereocenters. The summed E-state index contributed by atoms with van der Waals surface area (Å²) in [5.41, 5.74) is 1.61. The lowest BCUT2D eigenvalue weighted by atomic mass is 9.69. The summed E-state index contributed by atoms with van der Waals surface area (Å²) in [6.45, 7) is 3.13. The summed E-state index contributed by atoms with van der Waals surface area (Å²) in [5, 5.41) is 2.78. The molecule has 0 saturated carbocycles. The quantitative estimate of drug-likeness (QED) is 0.454. The molecule has 1 aromatic carbocycles. The van der Waals surface area contributed by atoms with Gasteiger partial charge in [0.15, 0.2) is 0 Å². The minimum absolute atomic E-state index is 0.0562. The molecular formula is C26H29F2N5O4. The molecule has 37 heavy (non-hydrogen) atoms. The summed E-state index contributed by atoms with van der Waals surface area (Å²) >= 11 is 0. The number of nitrogens with one attached hydrogen (secondary N) is 1. The molecule has 0 radical (unpaired) electrons. The summed E-state index contributed by atoms with van der Waals surface area (Å²) < 4.78 is 37.0. The van der Waals surface area contributed by atoms with E-state index in [-0.39, 0.29) is 42.2 Å². The van der Waals surface area contributed by atoms with Crippen molar-refractivity contribution in [2.75, 3.05) is 30.4 Å². The molecular weight excluding hydrogens is 484 g/mol. The molecule has 2 aromatic heterocycles. The van der Waals surface area contributed by atoms with Gasteiger partial charge in [0.25, 0.3) is 0 Å². The third kappa shape index (κ3) is 4.85. The molecule has 3 heterocycles. The summed E-state index contributed by atoms with van der Waals surface area (Å²) in [6, 6.07) is 10.8. The van der Waals surface area contributed by atoms with Gasteiger partial charge in [-0.3, -0.25) is 4.79 Å². The van der Waals surface area contributed by atoms with Crippen LogP contribution in [-0.4, -0.2) is 53.2 Å². The monoisotopic (exact) mass is 513 g/mol. The number of pyridine rings is 1. The number of hydrogen-bond donors (Lipinski definition) is 1.